The highest BCUT2D eigenvalue weighted by molar-refractivity contribution is 7.91. The topological polar surface area (TPSA) is 89.5 Å². The molecule has 0 spiro atoms. The van der Waals surface area contributed by atoms with Gasteiger partial charge in [0.2, 0.25) is 5.91 Å². The van der Waals surface area contributed by atoms with Crippen molar-refractivity contribution in [1.82, 2.24) is 0 Å². The van der Waals surface area contributed by atoms with Crippen LogP contribution in [0.3, 0.4) is 0 Å². The highest BCUT2D eigenvalue weighted by Gasteiger charge is 2.28. The molecule has 0 unspecified atom stereocenters. The van der Waals surface area contributed by atoms with E-state index in [2.05, 4.69) is 10.1 Å². The fraction of sp³-hybridized carbons (Fsp3) is 0.300. The van der Waals surface area contributed by atoms with Gasteiger partial charge in [0.05, 0.1) is 29.7 Å². The van der Waals surface area contributed by atoms with Crippen molar-refractivity contribution >= 4 is 27.4 Å². The van der Waals surface area contributed by atoms with Crippen LogP contribution < -0.4 is 5.32 Å². The van der Waals surface area contributed by atoms with E-state index >= 15 is 0 Å². The van der Waals surface area contributed by atoms with Crippen molar-refractivity contribution in [2.45, 2.75) is 24.2 Å². The summed E-state index contributed by atoms with van der Waals surface area (Å²) in [6.45, 7) is 0. The Morgan fingerprint density at radius 2 is 1.67 bits per heavy atom. The third-order valence-corrected chi connectivity index (χ3v) is 6.29. The number of nitrogens with one attached hydrogen (secondary N) is 1. The van der Waals surface area contributed by atoms with E-state index in [0.717, 1.165) is 18.4 Å². The number of carbonyl (C=O) groups is 2. The molecule has 0 aromatic heterocycles. The van der Waals surface area contributed by atoms with Crippen molar-refractivity contribution < 1.29 is 22.7 Å². The van der Waals surface area contributed by atoms with Crippen LogP contribution in [0, 0.1) is 5.92 Å². The molecule has 0 atom stereocenters. The molecule has 0 heterocycles. The fourth-order valence-electron chi connectivity index (χ4n) is 2.70. The Morgan fingerprint density at radius 3 is 2.22 bits per heavy atom. The van der Waals surface area contributed by atoms with Gasteiger partial charge in [-0.3, -0.25) is 4.79 Å². The molecule has 0 saturated heterocycles. The molecule has 3 rings (SSSR count). The monoisotopic (exact) mass is 387 g/mol. The summed E-state index contributed by atoms with van der Waals surface area (Å²) in [5, 5.41) is 2.74. The Morgan fingerprint density at radius 1 is 1.04 bits per heavy atom. The number of sulfone groups is 1. The summed E-state index contributed by atoms with van der Waals surface area (Å²) in [5.74, 6) is -0.168. The summed E-state index contributed by atoms with van der Waals surface area (Å²) in [6.07, 6.45) is 2.10. The molecule has 6 nitrogen and oxygen atoms in total. The van der Waals surface area contributed by atoms with Crippen molar-refractivity contribution in [3.05, 3.63) is 59.7 Å². The Hall–Kier alpha value is -2.67. The number of amides is 1. The quantitative estimate of drug-likeness (QED) is 0.738. The largest absolute Gasteiger partial charge is 0.465 e. The first-order valence-corrected chi connectivity index (χ1v) is 10.3. The van der Waals surface area contributed by atoms with Crippen LogP contribution in [0.5, 0.6) is 0 Å². The molecule has 2 aromatic carbocycles. The van der Waals surface area contributed by atoms with E-state index in [9.17, 15) is 18.0 Å². The van der Waals surface area contributed by atoms with Crippen LogP contribution in [-0.2, 0) is 25.8 Å². The lowest BCUT2D eigenvalue weighted by Gasteiger charge is -2.07. The standard InChI is InChI=1S/C20H21NO5S/c1-26-20(23)16-6-8-17(9-7-16)21-19(22)12-14-4-10-18(11-5-14)27(24,25)13-15-2-3-15/h4-11,15H,2-3,12-13H2,1H3,(H,21,22). The first-order valence-electron chi connectivity index (χ1n) is 8.67. The number of benzene rings is 2. The molecule has 0 aliphatic heterocycles. The number of hydrogen-bond donors (Lipinski definition) is 1. The van der Waals surface area contributed by atoms with Crippen LogP contribution in [0.25, 0.3) is 0 Å². The van der Waals surface area contributed by atoms with Gasteiger partial charge in [-0.2, -0.15) is 0 Å². The lowest BCUT2D eigenvalue weighted by Crippen LogP contribution is -2.15. The summed E-state index contributed by atoms with van der Waals surface area (Å²) in [4.78, 5) is 23.9. The van der Waals surface area contributed by atoms with Gasteiger partial charge >= 0.3 is 5.97 Å². The number of esters is 1. The number of rotatable bonds is 7. The Bertz CT molecular complexity index is 929. The van der Waals surface area contributed by atoms with Crippen molar-refractivity contribution in [3.63, 3.8) is 0 Å². The molecule has 1 fully saturated rings. The van der Waals surface area contributed by atoms with Gasteiger partial charge in [-0.25, -0.2) is 13.2 Å². The van der Waals surface area contributed by atoms with E-state index in [1.807, 2.05) is 0 Å². The normalized spacial score (nSPS) is 13.8. The minimum absolute atomic E-state index is 0.127. The number of anilines is 1. The molecule has 0 bridgehead atoms. The first-order chi connectivity index (χ1) is 12.9. The van der Waals surface area contributed by atoms with Crippen LogP contribution in [0.15, 0.2) is 53.4 Å². The minimum atomic E-state index is -3.24. The van der Waals surface area contributed by atoms with Crippen LogP contribution in [0.4, 0.5) is 5.69 Å². The molecule has 1 saturated carbocycles. The third kappa shape index (κ3) is 5.17. The van der Waals surface area contributed by atoms with Gasteiger partial charge in [0.25, 0.3) is 0 Å². The summed E-state index contributed by atoms with van der Waals surface area (Å²) in [5.41, 5.74) is 1.69. The van der Waals surface area contributed by atoms with Gasteiger partial charge in [0.15, 0.2) is 9.84 Å². The molecule has 142 valence electrons. The molecule has 1 aliphatic rings. The van der Waals surface area contributed by atoms with Crippen LogP contribution in [0.2, 0.25) is 0 Å². The van der Waals surface area contributed by atoms with E-state index in [4.69, 9.17) is 0 Å². The Balaban J connectivity index is 1.58. The molecule has 0 radical (unpaired) electrons. The maximum absolute atomic E-state index is 12.2. The second kappa shape index (κ2) is 7.92. The number of ether oxygens (including phenoxy) is 1. The third-order valence-electron chi connectivity index (χ3n) is 4.39. The Kier molecular flexibility index (Phi) is 5.60. The van der Waals surface area contributed by atoms with Crippen LogP contribution >= 0.6 is 0 Å². The van der Waals surface area contributed by atoms with Crippen LogP contribution in [0.1, 0.15) is 28.8 Å². The van der Waals surface area contributed by atoms with E-state index in [1.54, 1.807) is 48.5 Å². The molecular formula is C20H21NO5S. The highest BCUT2D eigenvalue weighted by atomic mass is 32.2. The zero-order chi connectivity index (χ0) is 19.4. The van der Waals surface area contributed by atoms with Crippen molar-refractivity contribution in [2.75, 3.05) is 18.2 Å². The molecule has 7 heteroatoms. The predicted octanol–water partition coefficient (Wildman–Crippen LogP) is 2.84. The van der Waals surface area contributed by atoms with Gasteiger partial charge in [-0.1, -0.05) is 12.1 Å². The van der Waals surface area contributed by atoms with Gasteiger partial charge in [-0.15, -0.1) is 0 Å². The lowest BCUT2D eigenvalue weighted by atomic mass is 10.1. The van der Waals surface area contributed by atoms with E-state index in [0.29, 0.717) is 22.1 Å². The maximum Gasteiger partial charge on any atom is 0.337 e. The van der Waals surface area contributed by atoms with Crippen molar-refractivity contribution in [3.8, 4) is 0 Å². The summed E-state index contributed by atoms with van der Waals surface area (Å²) < 4.78 is 29.1. The zero-order valence-corrected chi connectivity index (χ0v) is 15.8. The molecule has 1 amide bonds. The van der Waals surface area contributed by atoms with E-state index in [-0.39, 0.29) is 18.1 Å². The fourth-order valence-corrected chi connectivity index (χ4v) is 4.40. The smallest absolute Gasteiger partial charge is 0.337 e. The maximum atomic E-state index is 12.2. The lowest BCUT2D eigenvalue weighted by molar-refractivity contribution is -0.115. The summed E-state index contributed by atoms with van der Waals surface area (Å²) in [7, 11) is -1.94. The summed E-state index contributed by atoms with van der Waals surface area (Å²) >= 11 is 0. The SMILES string of the molecule is COC(=O)c1ccc(NC(=O)Cc2ccc(S(=O)(=O)CC3CC3)cc2)cc1. The average molecular weight is 387 g/mol. The average Bonchev–Trinajstić information content (AvgIpc) is 3.45. The van der Waals surface area contributed by atoms with Gasteiger partial charge in [0, 0.05) is 5.69 Å². The van der Waals surface area contributed by atoms with Crippen molar-refractivity contribution in [2.24, 2.45) is 5.92 Å². The zero-order valence-electron chi connectivity index (χ0n) is 15.0. The summed E-state index contributed by atoms with van der Waals surface area (Å²) in [6, 6.07) is 12.8. The minimum Gasteiger partial charge on any atom is -0.465 e. The van der Waals surface area contributed by atoms with Crippen LogP contribution in [-0.4, -0.2) is 33.2 Å². The first kappa shape index (κ1) is 19.1. The van der Waals surface area contributed by atoms with Gasteiger partial charge < -0.3 is 10.1 Å². The Labute approximate surface area is 158 Å². The number of hydrogen-bond acceptors (Lipinski definition) is 5. The molecular weight excluding hydrogens is 366 g/mol. The molecule has 1 N–H and O–H groups in total. The van der Waals surface area contributed by atoms with E-state index < -0.39 is 15.8 Å². The molecule has 27 heavy (non-hydrogen) atoms. The number of methoxy groups -OCH3 is 1. The van der Waals surface area contributed by atoms with Gasteiger partial charge in [0.1, 0.15) is 0 Å². The predicted molar refractivity (Wildman–Crippen MR) is 101 cm³/mol. The second-order valence-corrected chi connectivity index (χ2v) is 8.70. The highest BCUT2D eigenvalue weighted by Crippen LogP contribution is 2.32. The second-order valence-electron chi connectivity index (χ2n) is 6.66. The van der Waals surface area contributed by atoms with Crippen molar-refractivity contribution in [1.29, 1.82) is 0 Å². The van der Waals surface area contributed by atoms with E-state index in [1.165, 1.54) is 7.11 Å². The molecule has 1 aliphatic carbocycles. The number of carbonyl (C=O) groups excluding carboxylic acids is 2. The molecule has 2 aromatic rings. The van der Waals surface area contributed by atoms with Gasteiger partial charge in [-0.05, 0) is 60.7 Å².